The van der Waals surface area contributed by atoms with Crippen LogP contribution >= 0.6 is 23.0 Å². The molecule has 0 aromatic heterocycles. The Morgan fingerprint density at radius 1 is 1.50 bits per heavy atom. The van der Waals surface area contributed by atoms with E-state index in [1.807, 2.05) is 30.1 Å². The summed E-state index contributed by atoms with van der Waals surface area (Å²) in [5.41, 5.74) is 0. The van der Waals surface area contributed by atoms with Gasteiger partial charge in [0.2, 0.25) is 0 Å². The SMILES string of the molecule is CNCCNCOI. The third-order valence-corrected chi connectivity index (χ3v) is 1.02. The zero-order chi connectivity index (χ0) is 6.24. The Balaban J connectivity index is 2.53. The molecule has 8 heavy (non-hydrogen) atoms. The number of hydrogen-bond donors (Lipinski definition) is 2. The van der Waals surface area contributed by atoms with E-state index in [0.29, 0.717) is 6.73 Å². The molecule has 2 N–H and O–H groups in total. The minimum absolute atomic E-state index is 0.627. The third kappa shape index (κ3) is 6.61. The Labute approximate surface area is 63.9 Å². The lowest BCUT2D eigenvalue weighted by Crippen LogP contribution is -2.25. The van der Waals surface area contributed by atoms with E-state index < -0.39 is 0 Å². The van der Waals surface area contributed by atoms with E-state index in [2.05, 4.69) is 10.6 Å². The molecule has 0 spiro atoms. The van der Waals surface area contributed by atoms with Crippen molar-refractivity contribution in [1.29, 1.82) is 0 Å². The van der Waals surface area contributed by atoms with Gasteiger partial charge in [0, 0.05) is 13.1 Å². The number of nitrogens with one attached hydrogen (secondary N) is 2. The average molecular weight is 230 g/mol. The van der Waals surface area contributed by atoms with Crippen molar-refractivity contribution in [2.24, 2.45) is 0 Å². The molecular weight excluding hydrogens is 219 g/mol. The lowest BCUT2D eigenvalue weighted by atomic mass is 10.6. The monoisotopic (exact) mass is 230 g/mol. The topological polar surface area (TPSA) is 33.3 Å². The smallest absolute Gasteiger partial charge is 0.111 e. The Bertz CT molecular complexity index is 39.0. The molecule has 0 aliphatic carbocycles. The second-order valence-electron chi connectivity index (χ2n) is 1.36. The third-order valence-electron chi connectivity index (χ3n) is 0.708. The molecule has 0 radical (unpaired) electrons. The summed E-state index contributed by atoms with van der Waals surface area (Å²) in [6.07, 6.45) is 0. The van der Waals surface area contributed by atoms with Crippen LogP contribution in [0, 0.1) is 0 Å². The molecule has 0 saturated carbocycles. The average Bonchev–Trinajstić information content (AvgIpc) is 1.81. The maximum absolute atomic E-state index is 4.72. The predicted molar refractivity (Wildman–Crippen MR) is 41.9 cm³/mol. The molecule has 0 unspecified atom stereocenters. The van der Waals surface area contributed by atoms with Crippen LogP contribution in [-0.4, -0.2) is 26.9 Å². The first-order valence-corrected chi connectivity index (χ1v) is 3.38. The minimum Gasteiger partial charge on any atom is -0.318 e. The highest BCUT2D eigenvalue weighted by atomic mass is 127. The fraction of sp³-hybridized carbons (Fsp3) is 1.00. The highest BCUT2D eigenvalue weighted by Crippen LogP contribution is 1.78. The van der Waals surface area contributed by atoms with Crippen LogP contribution in [0.5, 0.6) is 0 Å². The van der Waals surface area contributed by atoms with Gasteiger partial charge in [0.05, 0.1) is 0 Å². The van der Waals surface area contributed by atoms with Crippen LogP contribution in [0.1, 0.15) is 0 Å². The summed E-state index contributed by atoms with van der Waals surface area (Å²) in [5, 5.41) is 6.05. The van der Waals surface area contributed by atoms with Crippen molar-refractivity contribution in [2.75, 3.05) is 26.9 Å². The molecule has 0 fully saturated rings. The van der Waals surface area contributed by atoms with Gasteiger partial charge in [-0.25, -0.2) is 0 Å². The van der Waals surface area contributed by atoms with Gasteiger partial charge in [-0.2, -0.15) is 0 Å². The van der Waals surface area contributed by atoms with Gasteiger partial charge < -0.3 is 8.38 Å². The van der Waals surface area contributed by atoms with E-state index in [1.54, 1.807) is 0 Å². The predicted octanol–water partition coefficient (Wildman–Crippen LogP) is 0.119. The van der Waals surface area contributed by atoms with E-state index in [4.69, 9.17) is 3.07 Å². The molecule has 0 heterocycles. The van der Waals surface area contributed by atoms with Gasteiger partial charge in [0.15, 0.2) is 0 Å². The van der Waals surface area contributed by atoms with Crippen LogP contribution < -0.4 is 10.6 Å². The van der Waals surface area contributed by atoms with Crippen molar-refractivity contribution < 1.29 is 3.07 Å². The van der Waals surface area contributed by atoms with Crippen molar-refractivity contribution in [2.45, 2.75) is 0 Å². The Kier molecular flexibility index (Phi) is 8.19. The summed E-state index contributed by atoms with van der Waals surface area (Å²) in [5.74, 6) is 0. The van der Waals surface area contributed by atoms with Gasteiger partial charge in [-0.05, 0) is 7.05 Å². The summed E-state index contributed by atoms with van der Waals surface area (Å²) in [6, 6.07) is 0. The number of halogens is 1. The van der Waals surface area contributed by atoms with Crippen LogP contribution in [0.4, 0.5) is 0 Å². The van der Waals surface area contributed by atoms with E-state index in [0.717, 1.165) is 13.1 Å². The van der Waals surface area contributed by atoms with Crippen molar-refractivity contribution in [3.05, 3.63) is 0 Å². The van der Waals surface area contributed by atoms with Crippen LogP contribution in [0.15, 0.2) is 0 Å². The standard InChI is InChI=1S/C4H11IN2O/c1-6-2-3-7-4-8-5/h6-7H,2-4H2,1H3. The molecule has 0 bridgehead atoms. The minimum atomic E-state index is 0.627. The van der Waals surface area contributed by atoms with E-state index in [-0.39, 0.29) is 0 Å². The maximum atomic E-state index is 4.72. The van der Waals surface area contributed by atoms with Crippen LogP contribution in [0.3, 0.4) is 0 Å². The first kappa shape index (κ1) is 8.61. The normalized spacial score (nSPS) is 9.75. The lowest BCUT2D eigenvalue weighted by molar-refractivity contribution is 0.375. The molecule has 0 aromatic carbocycles. The number of likely N-dealkylation sites (N-methyl/N-ethyl adjacent to an activating group) is 1. The molecule has 0 rings (SSSR count). The molecule has 0 saturated heterocycles. The van der Waals surface area contributed by atoms with Crippen molar-refractivity contribution in [3.8, 4) is 0 Å². The van der Waals surface area contributed by atoms with Gasteiger partial charge in [-0.1, -0.05) is 0 Å². The molecule has 0 amide bonds. The van der Waals surface area contributed by atoms with Crippen molar-refractivity contribution in [3.63, 3.8) is 0 Å². The Hall–Kier alpha value is 0.610. The van der Waals surface area contributed by atoms with Gasteiger partial charge in [-0.15, -0.1) is 0 Å². The van der Waals surface area contributed by atoms with Crippen LogP contribution in [0.2, 0.25) is 0 Å². The Morgan fingerprint density at radius 2 is 2.25 bits per heavy atom. The van der Waals surface area contributed by atoms with Crippen molar-refractivity contribution in [1.82, 2.24) is 10.6 Å². The first-order valence-electron chi connectivity index (χ1n) is 2.50. The molecule has 0 aromatic rings. The fourth-order valence-corrected chi connectivity index (χ4v) is 0.544. The van der Waals surface area contributed by atoms with E-state index in [1.165, 1.54) is 0 Å². The maximum Gasteiger partial charge on any atom is 0.111 e. The summed E-state index contributed by atoms with van der Waals surface area (Å²) >= 11 is 1.86. The summed E-state index contributed by atoms with van der Waals surface area (Å²) in [7, 11) is 1.92. The molecule has 4 heteroatoms. The Morgan fingerprint density at radius 3 is 2.75 bits per heavy atom. The van der Waals surface area contributed by atoms with Gasteiger partial charge in [-0.3, -0.25) is 5.32 Å². The van der Waals surface area contributed by atoms with E-state index >= 15 is 0 Å². The zero-order valence-corrected chi connectivity index (χ0v) is 7.07. The van der Waals surface area contributed by atoms with Crippen molar-refractivity contribution >= 4 is 23.0 Å². The molecule has 50 valence electrons. The van der Waals surface area contributed by atoms with Gasteiger partial charge in [0.1, 0.15) is 29.7 Å². The lowest BCUT2D eigenvalue weighted by Gasteiger charge is -1.98. The molecular formula is C4H11IN2O. The van der Waals surface area contributed by atoms with Crippen LogP contribution in [0.25, 0.3) is 0 Å². The highest BCUT2D eigenvalue weighted by molar-refractivity contribution is 14.1. The molecule has 0 aliphatic heterocycles. The number of hydrogen-bond acceptors (Lipinski definition) is 3. The largest absolute Gasteiger partial charge is 0.318 e. The zero-order valence-electron chi connectivity index (χ0n) is 4.91. The van der Waals surface area contributed by atoms with E-state index in [9.17, 15) is 0 Å². The summed E-state index contributed by atoms with van der Waals surface area (Å²) < 4.78 is 4.72. The fourth-order valence-electron chi connectivity index (χ4n) is 0.324. The molecule has 0 atom stereocenters. The summed E-state index contributed by atoms with van der Waals surface area (Å²) in [6.45, 7) is 2.57. The quantitative estimate of drug-likeness (QED) is 0.400. The molecule has 3 nitrogen and oxygen atoms in total. The molecule has 0 aliphatic rings. The van der Waals surface area contributed by atoms with Gasteiger partial charge >= 0.3 is 0 Å². The second-order valence-corrected chi connectivity index (χ2v) is 1.98. The van der Waals surface area contributed by atoms with Gasteiger partial charge in [0.25, 0.3) is 0 Å². The first-order chi connectivity index (χ1) is 3.91. The number of rotatable bonds is 5. The second kappa shape index (κ2) is 7.61. The highest BCUT2D eigenvalue weighted by Gasteiger charge is 1.80. The summed E-state index contributed by atoms with van der Waals surface area (Å²) in [4.78, 5) is 0. The van der Waals surface area contributed by atoms with Crippen LogP contribution in [-0.2, 0) is 3.07 Å².